The van der Waals surface area contributed by atoms with Gasteiger partial charge in [-0.25, -0.2) is 0 Å². The Morgan fingerprint density at radius 1 is 1.15 bits per heavy atom. The van der Waals surface area contributed by atoms with Crippen molar-refractivity contribution >= 4 is 28.6 Å². The van der Waals surface area contributed by atoms with Crippen molar-refractivity contribution in [2.24, 2.45) is 0 Å². The van der Waals surface area contributed by atoms with Gasteiger partial charge in [0.25, 0.3) is 0 Å². The van der Waals surface area contributed by atoms with E-state index in [9.17, 15) is 18.0 Å². The van der Waals surface area contributed by atoms with Gasteiger partial charge >= 0.3 is 12.1 Å². The second-order valence-electron chi connectivity index (χ2n) is 5.96. The molecule has 0 unspecified atom stereocenters. The van der Waals surface area contributed by atoms with Crippen molar-refractivity contribution < 1.29 is 27.4 Å². The molecule has 0 fully saturated rings. The van der Waals surface area contributed by atoms with E-state index in [2.05, 4.69) is 22.6 Å². The molecular weight excluding hydrogens is 472 g/mol. The smallest absolute Gasteiger partial charge is 0.416 e. The maximum atomic E-state index is 13.4. The number of ether oxygens (including phenoxy) is 2. The van der Waals surface area contributed by atoms with Crippen molar-refractivity contribution in [2.45, 2.75) is 46.4 Å². The Morgan fingerprint density at radius 3 is 2.44 bits per heavy atom. The Hall–Kier alpha value is -1.77. The van der Waals surface area contributed by atoms with Crippen LogP contribution in [0.2, 0.25) is 0 Å². The highest BCUT2D eigenvalue weighted by Crippen LogP contribution is 2.37. The highest BCUT2D eigenvalue weighted by molar-refractivity contribution is 14.1. The molecule has 0 aliphatic carbocycles. The lowest BCUT2D eigenvalue weighted by molar-refractivity contribution is -0.140. The zero-order valence-corrected chi connectivity index (χ0v) is 17.4. The molecule has 7 heteroatoms. The minimum absolute atomic E-state index is 0.0618. The van der Waals surface area contributed by atoms with E-state index in [1.807, 2.05) is 26.0 Å². The third kappa shape index (κ3) is 5.37. The Labute approximate surface area is 170 Å². The van der Waals surface area contributed by atoms with Gasteiger partial charge in [-0.15, -0.1) is 0 Å². The minimum atomic E-state index is -4.58. The first-order valence-corrected chi connectivity index (χ1v) is 9.56. The fourth-order valence-corrected chi connectivity index (χ4v) is 3.39. The van der Waals surface area contributed by atoms with Crippen LogP contribution in [0, 0.1) is 10.5 Å². The van der Waals surface area contributed by atoms with Crippen LogP contribution in [0.3, 0.4) is 0 Å². The minimum Gasteiger partial charge on any atom is -0.488 e. The fraction of sp³-hybridized carbons (Fsp3) is 0.350. The van der Waals surface area contributed by atoms with Gasteiger partial charge in [0.1, 0.15) is 18.1 Å². The zero-order valence-electron chi connectivity index (χ0n) is 15.2. The summed E-state index contributed by atoms with van der Waals surface area (Å²) in [5.41, 5.74) is 0.916. The number of carbonyl (C=O) groups is 1. The van der Waals surface area contributed by atoms with Gasteiger partial charge in [-0.3, -0.25) is 4.79 Å². The van der Waals surface area contributed by atoms with Gasteiger partial charge in [0.15, 0.2) is 0 Å². The van der Waals surface area contributed by atoms with Gasteiger partial charge in [-0.05, 0) is 65.3 Å². The van der Waals surface area contributed by atoms with Crippen molar-refractivity contribution in [1.82, 2.24) is 0 Å². The molecule has 2 aromatic carbocycles. The highest BCUT2D eigenvalue weighted by atomic mass is 127. The van der Waals surface area contributed by atoms with Crippen LogP contribution < -0.4 is 9.47 Å². The van der Waals surface area contributed by atoms with Crippen LogP contribution in [0.25, 0.3) is 0 Å². The van der Waals surface area contributed by atoms with Crippen molar-refractivity contribution in [3.05, 3.63) is 56.2 Å². The van der Waals surface area contributed by atoms with E-state index in [1.54, 1.807) is 6.92 Å². The number of aryl methyl sites for hydroxylation is 2. The standard InChI is InChI=1S/C20H20F3IO3/c1-4-13-9-12(3)18(10-16(13)24)26-11-14-15(20(21,22)23)7-6-8-17(14)27-19(25)5-2/h6-10H,4-5,11H2,1-3H3. The topological polar surface area (TPSA) is 35.5 Å². The monoisotopic (exact) mass is 492 g/mol. The predicted molar refractivity (Wildman–Crippen MR) is 105 cm³/mol. The SMILES string of the molecule is CCC(=O)Oc1cccc(C(F)(F)F)c1COc1cc(I)c(CC)cc1C. The van der Waals surface area contributed by atoms with Crippen molar-refractivity contribution in [1.29, 1.82) is 0 Å². The number of carbonyl (C=O) groups excluding carboxylic acids is 1. The van der Waals surface area contributed by atoms with Gasteiger partial charge in [0.05, 0.1) is 5.56 Å². The van der Waals surface area contributed by atoms with Crippen LogP contribution in [0.4, 0.5) is 13.2 Å². The fourth-order valence-electron chi connectivity index (χ4n) is 2.57. The molecule has 0 aliphatic heterocycles. The first-order valence-electron chi connectivity index (χ1n) is 8.48. The first-order chi connectivity index (χ1) is 12.7. The lowest BCUT2D eigenvalue weighted by Gasteiger charge is -2.18. The van der Waals surface area contributed by atoms with E-state index in [0.717, 1.165) is 27.2 Å². The third-order valence-electron chi connectivity index (χ3n) is 4.05. The van der Waals surface area contributed by atoms with Crippen LogP contribution in [0.5, 0.6) is 11.5 Å². The van der Waals surface area contributed by atoms with E-state index in [-0.39, 0.29) is 24.3 Å². The van der Waals surface area contributed by atoms with E-state index in [0.29, 0.717) is 5.75 Å². The summed E-state index contributed by atoms with van der Waals surface area (Å²) < 4.78 is 52.0. The molecule has 0 heterocycles. The molecule has 0 bridgehead atoms. The molecular formula is C20H20F3IO3. The lowest BCUT2D eigenvalue weighted by Crippen LogP contribution is -2.15. The Balaban J connectivity index is 2.39. The van der Waals surface area contributed by atoms with Crippen LogP contribution in [-0.2, 0) is 24.0 Å². The molecule has 3 nitrogen and oxygen atoms in total. The second-order valence-corrected chi connectivity index (χ2v) is 7.12. The summed E-state index contributed by atoms with van der Waals surface area (Å²) in [6.07, 6.45) is -3.66. The van der Waals surface area contributed by atoms with Crippen LogP contribution in [0.15, 0.2) is 30.3 Å². The maximum absolute atomic E-state index is 13.4. The van der Waals surface area contributed by atoms with Crippen molar-refractivity contribution in [3.8, 4) is 11.5 Å². The molecule has 146 valence electrons. The van der Waals surface area contributed by atoms with E-state index in [4.69, 9.17) is 9.47 Å². The van der Waals surface area contributed by atoms with Crippen molar-refractivity contribution in [2.75, 3.05) is 0 Å². The summed E-state index contributed by atoms with van der Waals surface area (Å²) in [7, 11) is 0. The summed E-state index contributed by atoms with van der Waals surface area (Å²) >= 11 is 2.17. The average molecular weight is 492 g/mol. The molecule has 0 saturated carbocycles. The quantitative estimate of drug-likeness (QED) is 0.279. The molecule has 2 rings (SSSR count). The summed E-state index contributed by atoms with van der Waals surface area (Å²) in [5, 5.41) is 0. The second kappa shape index (κ2) is 8.95. The Morgan fingerprint density at radius 2 is 1.85 bits per heavy atom. The number of hydrogen-bond donors (Lipinski definition) is 0. The lowest BCUT2D eigenvalue weighted by atomic mass is 10.1. The number of esters is 1. The molecule has 0 saturated heterocycles. The van der Waals surface area contributed by atoms with Gasteiger partial charge in [0, 0.05) is 15.6 Å². The molecule has 27 heavy (non-hydrogen) atoms. The molecule has 0 radical (unpaired) electrons. The molecule has 0 spiro atoms. The third-order valence-corrected chi connectivity index (χ3v) is 5.05. The van der Waals surface area contributed by atoms with Crippen molar-refractivity contribution in [3.63, 3.8) is 0 Å². The van der Waals surface area contributed by atoms with E-state index >= 15 is 0 Å². The van der Waals surface area contributed by atoms with Crippen LogP contribution in [-0.4, -0.2) is 5.97 Å². The molecule has 0 atom stereocenters. The molecule has 0 amide bonds. The first kappa shape index (κ1) is 21.5. The van der Waals surface area contributed by atoms with Gasteiger partial charge in [-0.1, -0.05) is 26.0 Å². The van der Waals surface area contributed by atoms with E-state index < -0.39 is 17.7 Å². The van der Waals surface area contributed by atoms with Gasteiger partial charge in [-0.2, -0.15) is 13.2 Å². The maximum Gasteiger partial charge on any atom is 0.416 e. The predicted octanol–water partition coefficient (Wildman–Crippen LogP) is 6.08. The number of benzene rings is 2. The van der Waals surface area contributed by atoms with Crippen LogP contribution >= 0.6 is 22.6 Å². The molecule has 2 aromatic rings. The summed E-state index contributed by atoms with van der Waals surface area (Å²) in [6, 6.07) is 7.29. The number of alkyl halides is 3. The van der Waals surface area contributed by atoms with E-state index in [1.165, 1.54) is 12.1 Å². The summed E-state index contributed by atoms with van der Waals surface area (Å²) in [6.45, 7) is 5.10. The molecule has 0 aliphatic rings. The average Bonchev–Trinajstić information content (AvgIpc) is 2.61. The summed E-state index contributed by atoms with van der Waals surface area (Å²) in [5.74, 6) is -0.232. The molecule has 0 aromatic heterocycles. The number of hydrogen-bond acceptors (Lipinski definition) is 3. The Bertz CT molecular complexity index is 832. The zero-order chi connectivity index (χ0) is 20.2. The number of halogens is 4. The normalized spacial score (nSPS) is 11.4. The van der Waals surface area contributed by atoms with Crippen LogP contribution in [0.1, 0.15) is 42.5 Å². The largest absolute Gasteiger partial charge is 0.488 e. The van der Waals surface area contributed by atoms with Gasteiger partial charge < -0.3 is 9.47 Å². The molecule has 0 N–H and O–H groups in total. The Kier molecular flexibility index (Phi) is 7.13. The van der Waals surface area contributed by atoms with Gasteiger partial charge in [0.2, 0.25) is 0 Å². The number of rotatable bonds is 6. The summed E-state index contributed by atoms with van der Waals surface area (Å²) in [4.78, 5) is 11.6. The highest BCUT2D eigenvalue weighted by Gasteiger charge is 2.35.